The molecule has 150 valence electrons. The fourth-order valence-corrected chi connectivity index (χ4v) is 3.50. The van der Waals surface area contributed by atoms with Gasteiger partial charge in [0.05, 0.1) is 17.9 Å². The molecule has 1 aromatic heterocycles. The largest absolute Gasteiger partial charge is 0.497 e. The molecule has 1 N–H and O–H groups in total. The molecule has 0 saturated carbocycles. The summed E-state index contributed by atoms with van der Waals surface area (Å²) in [5.74, 6) is 0.546. The molecule has 3 rings (SSSR count). The Balaban J connectivity index is 1.77. The highest BCUT2D eigenvalue weighted by atomic mass is 32.2. The van der Waals surface area contributed by atoms with Gasteiger partial charge in [-0.15, -0.1) is 16.8 Å². The molecule has 1 atom stereocenters. The van der Waals surface area contributed by atoms with Gasteiger partial charge in [-0.3, -0.25) is 9.36 Å². The summed E-state index contributed by atoms with van der Waals surface area (Å²) < 4.78 is 21.1. The van der Waals surface area contributed by atoms with Crippen molar-refractivity contribution in [2.24, 2.45) is 0 Å². The third-order valence-corrected chi connectivity index (χ3v) is 5.23. The maximum Gasteiger partial charge on any atom is 0.237 e. The van der Waals surface area contributed by atoms with E-state index >= 15 is 0 Å². The van der Waals surface area contributed by atoms with Crippen molar-refractivity contribution in [3.05, 3.63) is 67.0 Å². The summed E-state index contributed by atoms with van der Waals surface area (Å²) in [6.07, 6.45) is 1.68. The molecular formula is C21H21FN4O2S. The molecule has 0 aliphatic carbocycles. The number of nitrogens with zero attached hydrogens (tertiary/aromatic N) is 3. The zero-order valence-electron chi connectivity index (χ0n) is 16.1. The van der Waals surface area contributed by atoms with Gasteiger partial charge < -0.3 is 10.1 Å². The first-order valence-electron chi connectivity index (χ1n) is 8.94. The summed E-state index contributed by atoms with van der Waals surface area (Å²) in [6, 6.07) is 13.5. The number of allylic oxidation sites excluding steroid dienone is 1. The highest BCUT2D eigenvalue weighted by molar-refractivity contribution is 8.00. The Morgan fingerprint density at radius 1 is 1.28 bits per heavy atom. The summed E-state index contributed by atoms with van der Waals surface area (Å²) in [5, 5.41) is 11.2. The number of methoxy groups -OCH3 is 1. The molecule has 0 bridgehead atoms. The van der Waals surface area contributed by atoms with E-state index in [2.05, 4.69) is 22.1 Å². The predicted octanol–water partition coefficient (Wildman–Crippen LogP) is 4.40. The van der Waals surface area contributed by atoms with Gasteiger partial charge in [0, 0.05) is 12.2 Å². The van der Waals surface area contributed by atoms with Crippen molar-refractivity contribution in [1.82, 2.24) is 14.8 Å². The van der Waals surface area contributed by atoms with Gasteiger partial charge in [0.2, 0.25) is 5.91 Å². The molecule has 0 fully saturated rings. The SMILES string of the molecule is C=CCn1c(S[C@H](C)C(=O)Nc2ccc(OC)cc2)nnc1-c1ccccc1F. The second-order valence-electron chi connectivity index (χ2n) is 6.16. The van der Waals surface area contributed by atoms with Crippen molar-refractivity contribution in [2.45, 2.75) is 23.9 Å². The number of hydrogen-bond donors (Lipinski definition) is 1. The predicted molar refractivity (Wildman–Crippen MR) is 113 cm³/mol. The maximum atomic E-state index is 14.2. The van der Waals surface area contributed by atoms with Crippen LogP contribution in [0.2, 0.25) is 0 Å². The smallest absolute Gasteiger partial charge is 0.237 e. The molecule has 0 aliphatic rings. The van der Waals surface area contributed by atoms with Gasteiger partial charge in [0.15, 0.2) is 11.0 Å². The minimum atomic E-state index is -0.446. The Morgan fingerprint density at radius 2 is 2.00 bits per heavy atom. The van der Waals surface area contributed by atoms with Crippen LogP contribution in [0, 0.1) is 5.82 Å². The number of benzene rings is 2. The molecule has 0 spiro atoms. The second-order valence-corrected chi connectivity index (χ2v) is 7.47. The maximum absolute atomic E-state index is 14.2. The Morgan fingerprint density at radius 3 is 2.66 bits per heavy atom. The summed E-state index contributed by atoms with van der Waals surface area (Å²) in [7, 11) is 1.58. The topological polar surface area (TPSA) is 69.0 Å². The minimum Gasteiger partial charge on any atom is -0.497 e. The van der Waals surface area contributed by atoms with Crippen LogP contribution in [0.5, 0.6) is 5.75 Å². The molecule has 0 saturated heterocycles. The Bertz CT molecular complexity index is 1000. The molecule has 6 nitrogen and oxygen atoms in total. The Labute approximate surface area is 172 Å². The number of amides is 1. The lowest BCUT2D eigenvalue weighted by molar-refractivity contribution is -0.115. The fourth-order valence-electron chi connectivity index (χ4n) is 2.64. The van der Waals surface area contributed by atoms with E-state index in [4.69, 9.17) is 4.74 Å². The number of carbonyl (C=O) groups excluding carboxylic acids is 1. The average Bonchev–Trinajstić information content (AvgIpc) is 3.11. The van der Waals surface area contributed by atoms with Crippen molar-refractivity contribution in [1.29, 1.82) is 0 Å². The van der Waals surface area contributed by atoms with Crippen LogP contribution in [0.1, 0.15) is 6.92 Å². The number of rotatable bonds is 8. The van der Waals surface area contributed by atoms with E-state index in [-0.39, 0.29) is 11.7 Å². The van der Waals surface area contributed by atoms with Crippen LogP contribution < -0.4 is 10.1 Å². The highest BCUT2D eigenvalue weighted by Gasteiger charge is 2.21. The van der Waals surface area contributed by atoms with E-state index in [0.29, 0.717) is 34.5 Å². The number of anilines is 1. The first-order valence-corrected chi connectivity index (χ1v) is 9.82. The van der Waals surface area contributed by atoms with Gasteiger partial charge in [-0.1, -0.05) is 30.0 Å². The summed E-state index contributed by atoms with van der Waals surface area (Å²) >= 11 is 1.25. The van der Waals surface area contributed by atoms with Gasteiger partial charge in [0.25, 0.3) is 0 Å². The van der Waals surface area contributed by atoms with Crippen LogP contribution in [-0.2, 0) is 11.3 Å². The van der Waals surface area contributed by atoms with E-state index in [1.807, 2.05) is 0 Å². The van der Waals surface area contributed by atoms with Crippen molar-refractivity contribution >= 4 is 23.4 Å². The average molecular weight is 412 g/mol. The summed E-state index contributed by atoms with van der Waals surface area (Å²) in [5.41, 5.74) is 1.02. The lowest BCUT2D eigenvalue weighted by Crippen LogP contribution is -2.23. The van der Waals surface area contributed by atoms with E-state index in [1.165, 1.54) is 17.8 Å². The number of ether oxygens (including phenoxy) is 1. The van der Waals surface area contributed by atoms with Crippen LogP contribution in [0.15, 0.2) is 66.3 Å². The monoisotopic (exact) mass is 412 g/mol. The first kappa shape index (κ1) is 20.6. The third kappa shape index (κ3) is 4.83. The second kappa shape index (κ2) is 9.38. The molecule has 0 unspecified atom stereocenters. The van der Waals surface area contributed by atoms with Gasteiger partial charge in [0.1, 0.15) is 11.6 Å². The zero-order valence-corrected chi connectivity index (χ0v) is 16.9. The van der Waals surface area contributed by atoms with Crippen LogP contribution in [0.4, 0.5) is 10.1 Å². The van der Waals surface area contributed by atoms with Crippen LogP contribution in [0.3, 0.4) is 0 Å². The number of hydrogen-bond acceptors (Lipinski definition) is 5. The van der Waals surface area contributed by atoms with Gasteiger partial charge in [-0.25, -0.2) is 4.39 Å². The Hall–Kier alpha value is -3.13. The van der Waals surface area contributed by atoms with Gasteiger partial charge >= 0.3 is 0 Å². The van der Waals surface area contributed by atoms with Crippen molar-refractivity contribution in [2.75, 3.05) is 12.4 Å². The van der Waals surface area contributed by atoms with Crippen molar-refractivity contribution in [3.63, 3.8) is 0 Å². The summed E-state index contributed by atoms with van der Waals surface area (Å²) in [6.45, 7) is 5.92. The molecule has 8 heteroatoms. The first-order chi connectivity index (χ1) is 14.0. The van der Waals surface area contributed by atoms with Crippen molar-refractivity contribution in [3.8, 4) is 17.1 Å². The quantitative estimate of drug-likeness (QED) is 0.439. The molecule has 1 heterocycles. The molecule has 1 amide bonds. The third-order valence-electron chi connectivity index (χ3n) is 4.15. The van der Waals surface area contributed by atoms with E-state index < -0.39 is 5.25 Å². The number of nitrogens with one attached hydrogen (secondary N) is 1. The molecule has 2 aromatic carbocycles. The van der Waals surface area contributed by atoms with Crippen LogP contribution in [-0.4, -0.2) is 33.0 Å². The molecule has 0 aliphatic heterocycles. The van der Waals surface area contributed by atoms with Gasteiger partial charge in [-0.05, 0) is 43.3 Å². The van der Waals surface area contributed by atoms with E-state index in [1.54, 1.807) is 67.1 Å². The van der Waals surface area contributed by atoms with Crippen LogP contribution in [0.25, 0.3) is 11.4 Å². The molecule has 29 heavy (non-hydrogen) atoms. The number of carbonyl (C=O) groups is 1. The molecule has 3 aromatic rings. The van der Waals surface area contributed by atoms with Gasteiger partial charge in [-0.2, -0.15) is 0 Å². The normalized spacial score (nSPS) is 11.7. The summed E-state index contributed by atoms with van der Waals surface area (Å²) in [4.78, 5) is 12.6. The highest BCUT2D eigenvalue weighted by Crippen LogP contribution is 2.28. The van der Waals surface area contributed by atoms with E-state index in [9.17, 15) is 9.18 Å². The minimum absolute atomic E-state index is 0.180. The fraction of sp³-hybridized carbons (Fsp3) is 0.190. The molecular weight excluding hydrogens is 391 g/mol. The van der Waals surface area contributed by atoms with E-state index in [0.717, 1.165) is 0 Å². The number of halogens is 1. The molecule has 0 radical (unpaired) electrons. The number of thioether (sulfide) groups is 1. The van der Waals surface area contributed by atoms with Crippen molar-refractivity contribution < 1.29 is 13.9 Å². The zero-order chi connectivity index (χ0) is 20.8. The number of aromatic nitrogens is 3. The van der Waals surface area contributed by atoms with Crippen LogP contribution >= 0.6 is 11.8 Å². The lowest BCUT2D eigenvalue weighted by atomic mass is 10.2. The lowest BCUT2D eigenvalue weighted by Gasteiger charge is -2.13. The Kier molecular flexibility index (Phi) is 6.66. The standard InChI is InChI=1S/C21H21FN4O2S/c1-4-13-26-19(17-7-5-6-8-18(17)22)24-25-21(26)29-14(2)20(27)23-15-9-11-16(28-3)12-10-15/h4-12,14H,1,13H2,2-3H3,(H,23,27)/t14-/m1/s1.